The van der Waals surface area contributed by atoms with Gasteiger partial charge >= 0.3 is 6.18 Å². The van der Waals surface area contributed by atoms with E-state index in [0.717, 1.165) is 12.1 Å². The summed E-state index contributed by atoms with van der Waals surface area (Å²) >= 11 is 0. The number of carbonyl (C=O) groups excluding carboxylic acids is 2. The quantitative estimate of drug-likeness (QED) is 0.625. The zero-order chi connectivity index (χ0) is 23.8. The van der Waals surface area contributed by atoms with Gasteiger partial charge in [-0.1, -0.05) is 0 Å². The molecule has 2 aromatic heterocycles. The number of hydrogen-bond acceptors (Lipinski definition) is 5. The molecule has 11 heteroatoms. The first-order chi connectivity index (χ1) is 15.7. The van der Waals surface area contributed by atoms with Gasteiger partial charge < -0.3 is 15.0 Å². The summed E-state index contributed by atoms with van der Waals surface area (Å²) in [6.45, 7) is 2.28. The van der Waals surface area contributed by atoms with Crippen LogP contribution in [0.15, 0.2) is 48.8 Å². The first-order valence-corrected chi connectivity index (χ1v) is 10.0. The highest BCUT2D eigenvalue weighted by Gasteiger charge is 2.36. The van der Waals surface area contributed by atoms with Gasteiger partial charge in [0, 0.05) is 31.2 Å². The molecule has 4 rings (SSSR count). The van der Waals surface area contributed by atoms with Gasteiger partial charge in [0.15, 0.2) is 0 Å². The molecule has 1 aliphatic rings. The maximum absolute atomic E-state index is 13.3. The molecule has 0 saturated heterocycles. The number of hydrogen-bond donors (Lipinski definition) is 1. The molecule has 0 fully saturated rings. The van der Waals surface area contributed by atoms with Crippen LogP contribution in [0.2, 0.25) is 0 Å². The topological polar surface area (TPSA) is 89.3 Å². The number of carbonyl (C=O) groups is 2. The highest BCUT2D eigenvalue weighted by atomic mass is 19.4. The van der Waals surface area contributed by atoms with Crippen LogP contribution in [0, 0.1) is 0 Å². The van der Waals surface area contributed by atoms with Crippen LogP contribution in [0.4, 0.5) is 24.5 Å². The van der Waals surface area contributed by atoms with Crippen molar-refractivity contribution in [3.8, 4) is 0 Å². The Morgan fingerprint density at radius 2 is 1.97 bits per heavy atom. The number of nitrogens with one attached hydrogen (secondary N) is 1. The van der Waals surface area contributed by atoms with Crippen molar-refractivity contribution in [1.82, 2.24) is 14.8 Å². The zero-order valence-corrected chi connectivity index (χ0v) is 17.8. The molecule has 33 heavy (non-hydrogen) atoms. The highest BCUT2D eigenvalue weighted by molar-refractivity contribution is 6.15. The van der Waals surface area contributed by atoms with Gasteiger partial charge in [0.1, 0.15) is 5.69 Å². The Labute approximate surface area is 187 Å². The summed E-state index contributed by atoms with van der Waals surface area (Å²) in [5.41, 5.74) is 0.713. The van der Waals surface area contributed by atoms with Crippen LogP contribution in [0.3, 0.4) is 0 Å². The Bertz CT molecular complexity index is 1190. The first-order valence-electron chi connectivity index (χ1n) is 10.0. The minimum absolute atomic E-state index is 0.0635. The summed E-state index contributed by atoms with van der Waals surface area (Å²) in [5.74, 6) is -1.06. The van der Waals surface area contributed by atoms with Crippen molar-refractivity contribution < 1.29 is 27.5 Å². The van der Waals surface area contributed by atoms with E-state index in [0.29, 0.717) is 17.1 Å². The van der Waals surface area contributed by atoms with Gasteiger partial charge in [0.25, 0.3) is 11.8 Å². The van der Waals surface area contributed by atoms with Gasteiger partial charge in [0.2, 0.25) is 0 Å². The van der Waals surface area contributed by atoms with Crippen molar-refractivity contribution in [1.29, 1.82) is 0 Å². The van der Waals surface area contributed by atoms with E-state index < -0.39 is 23.6 Å². The van der Waals surface area contributed by atoms with Crippen LogP contribution in [0.1, 0.15) is 45.1 Å². The lowest BCUT2D eigenvalue weighted by atomic mass is 10.1. The molecule has 0 saturated carbocycles. The van der Waals surface area contributed by atoms with Crippen LogP contribution < -0.4 is 10.2 Å². The van der Waals surface area contributed by atoms with Crippen LogP contribution in [-0.2, 0) is 17.5 Å². The van der Waals surface area contributed by atoms with Crippen molar-refractivity contribution in [2.45, 2.75) is 25.7 Å². The highest BCUT2D eigenvalue weighted by Crippen LogP contribution is 2.33. The van der Waals surface area contributed by atoms with Gasteiger partial charge in [-0.25, -0.2) is 0 Å². The summed E-state index contributed by atoms with van der Waals surface area (Å²) in [6, 6.07) is 7.29. The maximum atomic E-state index is 13.3. The average molecular weight is 459 g/mol. The molecule has 1 aliphatic heterocycles. The fraction of sp³-hybridized carbons (Fsp3) is 0.273. The molecule has 1 aromatic carbocycles. The number of benzene rings is 1. The van der Waals surface area contributed by atoms with E-state index in [2.05, 4.69) is 15.4 Å². The van der Waals surface area contributed by atoms with E-state index in [9.17, 15) is 22.8 Å². The van der Waals surface area contributed by atoms with Gasteiger partial charge in [-0.15, -0.1) is 0 Å². The monoisotopic (exact) mass is 459 g/mol. The van der Waals surface area contributed by atoms with Crippen molar-refractivity contribution in [2.75, 3.05) is 23.9 Å². The molecule has 0 aliphatic carbocycles. The number of nitrogens with zero attached hydrogens (tertiary/aromatic N) is 4. The Balaban J connectivity index is 1.61. The Morgan fingerprint density at radius 1 is 1.24 bits per heavy atom. The van der Waals surface area contributed by atoms with E-state index >= 15 is 0 Å². The van der Waals surface area contributed by atoms with E-state index in [1.165, 1.54) is 41.2 Å². The third-order valence-corrected chi connectivity index (χ3v) is 5.23. The largest absolute Gasteiger partial charge is 0.416 e. The number of amides is 2. The SMILES string of the molecule is COCc1cc(NC(=O)c2cnn3c2C(=O)N(c2ccc(C(F)(F)F)cc2)CC3C)ccn1. The number of aromatic nitrogens is 3. The summed E-state index contributed by atoms with van der Waals surface area (Å²) in [6.07, 6.45) is -1.64. The second-order valence-corrected chi connectivity index (χ2v) is 7.58. The fourth-order valence-electron chi connectivity index (χ4n) is 3.66. The number of methoxy groups -OCH3 is 1. The standard InChI is InChI=1S/C22H20F3N5O3/c1-13-11-29(17-5-3-14(4-6-17)22(23,24)25)21(32)19-18(10-27-30(13)19)20(31)28-15-7-8-26-16(9-15)12-33-2/h3-10,13H,11-12H2,1-2H3,(H,26,28,31). The third-order valence-electron chi connectivity index (χ3n) is 5.23. The number of fused-ring (bicyclic) bond motifs is 1. The zero-order valence-electron chi connectivity index (χ0n) is 17.8. The summed E-state index contributed by atoms with van der Waals surface area (Å²) in [5, 5.41) is 6.92. The maximum Gasteiger partial charge on any atom is 0.416 e. The number of pyridine rings is 1. The number of rotatable bonds is 5. The van der Waals surface area contributed by atoms with Crippen molar-refractivity contribution in [2.24, 2.45) is 0 Å². The second kappa shape index (κ2) is 8.66. The lowest BCUT2D eigenvalue weighted by Crippen LogP contribution is -2.43. The summed E-state index contributed by atoms with van der Waals surface area (Å²) in [4.78, 5) is 31.7. The Hall–Kier alpha value is -3.73. The molecule has 3 aromatic rings. The number of ether oxygens (including phenoxy) is 1. The smallest absolute Gasteiger partial charge is 0.378 e. The van der Waals surface area contributed by atoms with Gasteiger partial charge in [-0.2, -0.15) is 18.3 Å². The van der Waals surface area contributed by atoms with Crippen molar-refractivity contribution in [3.63, 3.8) is 0 Å². The molecule has 8 nitrogen and oxygen atoms in total. The van der Waals surface area contributed by atoms with Crippen LogP contribution in [0.5, 0.6) is 0 Å². The molecule has 0 bridgehead atoms. The molecular formula is C22H20F3N5O3. The number of anilines is 2. The predicted molar refractivity (Wildman–Crippen MR) is 113 cm³/mol. The van der Waals surface area contributed by atoms with E-state index in [1.807, 2.05) is 6.92 Å². The molecule has 1 unspecified atom stereocenters. The van der Waals surface area contributed by atoms with Crippen LogP contribution >= 0.6 is 0 Å². The minimum atomic E-state index is -4.47. The number of alkyl halides is 3. The number of halogens is 3. The molecule has 3 heterocycles. The molecule has 0 spiro atoms. The van der Waals surface area contributed by atoms with Crippen molar-refractivity contribution in [3.05, 3.63) is 71.3 Å². The lowest BCUT2D eigenvalue weighted by Gasteiger charge is -2.32. The second-order valence-electron chi connectivity index (χ2n) is 7.58. The molecule has 2 amide bonds. The van der Waals surface area contributed by atoms with E-state index in [-0.39, 0.29) is 30.5 Å². The normalized spacial score (nSPS) is 16.0. The fourth-order valence-corrected chi connectivity index (χ4v) is 3.66. The molecule has 172 valence electrons. The molecule has 1 atom stereocenters. The Kier molecular flexibility index (Phi) is 5.90. The lowest BCUT2D eigenvalue weighted by molar-refractivity contribution is -0.137. The average Bonchev–Trinajstić information content (AvgIpc) is 3.23. The van der Waals surface area contributed by atoms with Gasteiger partial charge in [-0.05, 0) is 43.3 Å². The Morgan fingerprint density at radius 3 is 2.64 bits per heavy atom. The van der Waals surface area contributed by atoms with E-state index in [1.54, 1.807) is 12.1 Å². The third kappa shape index (κ3) is 4.44. The predicted octanol–water partition coefficient (Wildman–Crippen LogP) is 3.92. The molecule has 1 N–H and O–H groups in total. The molecule has 0 radical (unpaired) electrons. The molecular weight excluding hydrogens is 439 g/mol. The first kappa shape index (κ1) is 22.5. The van der Waals surface area contributed by atoms with Gasteiger partial charge in [0.05, 0.1) is 35.7 Å². The minimum Gasteiger partial charge on any atom is -0.378 e. The summed E-state index contributed by atoms with van der Waals surface area (Å²) in [7, 11) is 1.53. The van der Waals surface area contributed by atoms with Crippen LogP contribution in [-0.4, -0.2) is 40.2 Å². The summed E-state index contributed by atoms with van der Waals surface area (Å²) < 4.78 is 45.2. The van der Waals surface area contributed by atoms with Gasteiger partial charge in [-0.3, -0.25) is 19.3 Å². The van der Waals surface area contributed by atoms with Crippen molar-refractivity contribution >= 4 is 23.2 Å². The van der Waals surface area contributed by atoms with Crippen LogP contribution in [0.25, 0.3) is 0 Å². The van der Waals surface area contributed by atoms with E-state index in [4.69, 9.17) is 4.74 Å².